The average Bonchev–Trinajstić information content (AvgIpc) is 3.12. The van der Waals surface area contributed by atoms with Crippen LogP contribution in [0.3, 0.4) is 0 Å². The van der Waals surface area contributed by atoms with E-state index in [1.807, 2.05) is 6.07 Å². The van der Waals surface area contributed by atoms with Crippen LogP contribution in [-0.2, 0) is 9.59 Å². The Morgan fingerprint density at radius 3 is 2.81 bits per heavy atom. The fourth-order valence-electron chi connectivity index (χ4n) is 3.10. The second-order valence-electron chi connectivity index (χ2n) is 6.55. The van der Waals surface area contributed by atoms with Gasteiger partial charge in [0, 0.05) is 25.1 Å². The van der Waals surface area contributed by atoms with Gasteiger partial charge in [-0.2, -0.15) is 9.65 Å². The molecule has 1 amide bonds. The Hall–Kier alpha value is -3.52. The van der Waals surface area contributed by atoms with Gasteiger partial charge >= 0.3 is 11.7 Å². The van der Waals surface area contributed by atoms with Crippen LogP contribution in [0, 0.1) is 33.2 Å². The number of nitrogens with zero attached hydrogens (tertiary/aromatic N) is 3. The maximum Gasteiger partial charge on any atom is 0.316 e. The van der Waals surface area contributed by atoms with Gasteiger partial charge in [-0.25, -0.2) is 0 Å². The molecular weight excluding hydrogens is 477 g/mol. The van der Waals surface area contributed by atoms with E-state index in [0.29, 0.717) is 10.0 Å². The first-order valence-electron chi connectivity index (χ1n) is 9.07. The number of anilines is 1. The molecule has 1 heterocycles. The van der Waals surface area contributed by atoms with E-state index in [-0.39, 0.29) is 36.8 Å². The summed E-state index contributed by atoms with van der Waals surface area (Å²) in [7, 11) is 0. The van der Waals surface area contributed by atoms with Crippen molar-refractivity contribution in [3.05, 3.63) is 56.3 Å². The van der Waals surface area contributed by atoms with E-state index in [0.717, 1.165) is 12.1 Å². The molecule has 3 rings (SSSR count). The highest BCUT2D eigenvalue weighted by molar-refractivity contribution is 9.10. The zero-order valence-corrected chi connectivity index (χ0v) is 17.7. The van der Waals surface area contributed by atoms with E-state index in [1.54, 1.807) is 6.92 Å². The normalized spacial score (nSPS) is 15.5. The summed E-state index contributed by atoms with van der Waals surface area (Å²) >= 11 is 3.25. The van der Waals surface area contributed by atoms with E-state index in [1.165, 1.54) is 23.1 Å². The molecule has 2 aromatic rings. The number of carbonyl (C=O) groups is 2. The molecule has 1 fully saturated rings. The highest BCUT2D eigenvalue weighted by atomic mass is 79.9. The van der Waals surface area contributed by atoms with Crippen LogP contribution in [0.25, 0.3) is 0 Å². The number of esters is 1. The summed E-state index contributed by atoms with van der Waals surface area (Å²) in [5.74, 6) is -2.77. The summed E-state index contributed by atoms with van der Waals surface area (Å²) in [5, 5.41) is 20.1. The number of halogens is 2. The number of nitriles is 1. The van der Waals surface area contributed by atoms with Crippen molar-refractivity contribution in [2.75, 3.05) is 18.1 Å². The molecule has 0 radical (unpaired) electrons. The van der Waals surface area contributed by atoms with Crippen LogP contribution in [0.1, 0.15) is 18.9 Å². The Morgan fingerprint density at radius 2 is 2.16 bits per heavy atom. The number of ether oxygens (including phenoxy) is 2. The third kappa shape index (κ3) is 4.64. The minimum atomic E-state index is -1.02. The molecule has 1 saturated heterocycles. The van der Waals surface area contributed by atoms with E-state index in [4.69, 9.17) is 14.7 Å². The molecule has 11 heteroatoms. The molecule has 1 atom stereocenters. The van der Waals surface area contributed by atoms with Gasteiger partial charge in [0.2, 0.25) is 11.7 Å². The van der Waals surface area contributed by atoms with Crippen molar-refractivity contribution in [2.24, 2.45) is 5.92 Å². The van der Waals surface area contributed by atoms with Gasteiger partial charge in [0.15, 0.2) is 11.5 Å². The van der Waals surface area contributed by atoms with Gasteiger partial charge in [0.25, 0.3) is 0 Å². The first-order valence-corrected chi connectivity index (χ1v) is 9.86. The number of amides is 1. The molecule has 0 aliphatic carbocycles. The number of nitro groups is 1. The molecule has 1 aliphatic rings. The van der Waals surface area contributed by atoms with Crippen LogP contribution < -0.4 is 14.4 Å². The van der Waals surface area contributed by atoms with Crippen LogP contribution >= 0.6 is 15.9 Å². The quantitative estimate of drug-likeness (QED) is 0.261. The van der Waals surface area contributed by atoms with Crippen LogP contribution in [0.4, 0.5) is 15.8 Å². The molecule has 31 heavy (non-hydrogen) atoms. The second kappa shape index (κ2) is 9.09. The van der Waals surface area contributed by atoms with Crippen LogP contribution in [-0.4, -0.2) is 30.0 Å². The lowest BCUT2D eigenvalue weighted by Crippen LogP contribution is -2.27. The van der Waals surface area contributed by atoms with E-state index >= 15 is 0 Å². The van der Waals surface area contributed by atoms with Crippen LogP contribution in [0.2, 0.25) is 0 Å². The second-order valence-corrected chi connectivity index (χ2v) is 7.40. The lowest BCUT2D eigenvalue weighted by molar-refractivity contribution is -0.387. The molecule has 0 N–H and O–H groups in total. The van der Waals surface area contributed by atoms with Crippen molar-refractivity contribution < 1.29 is 28.4 Å². The molecule has 1 aliphatic heterocycles. The minimum absolute atomic E-state index is 0.0779. The summed E-state index contributed by atoms with van der Waals surface area (Å²) in [6.07, 6.45) is -0.179. The molecule has 160 valence electrons. The molecule has 0 aromatic heterocycles. The van der Waals surface area contributed by atoms with Crippen molar-refractivity contribution in [1.29, 1.82) is 5.26 Å². The van der Waals surface area contributed by atoms with Gasteiger partial charge in [-0.15, -0.1) is 0 Å². The monoisotopic (exact) mass is 491 g/mol. The molecular formula is C20H15BrFN3O6. The summed E-state index contributed by atoms with van der Waals surface area (Å²) in [6.45, 7) is 1.91. The predicted octanol–water partition coefficient (Wildman–Crippen LogP) is 3.73. The van der Waals surface area contributed by atoms with Crippen LogP contribution in [0.15, 0.2) is 34.8 Å². The van der Waals surface area contributed by atoms with Crippen LogP contribution in [0.5, 0.6) is 11.5 Å². The third-order valence-corrected chi connectivity index (χ3v) is 5.13. The highest BCUT2D eigenvalue weighted by Crippen LogP contribution is 2.38. The highest BCUT2D eigenvalue weighted by Gasteiger charge is 2.37. The minimum Gasteiger partial charge on any atom is -0.490 e. The fourth-order valence-corrected chi connectivity index (χ4v) is 3.63. The SMILES string of the molecule is CCOc1cc(C#N)cc(Br)c1OC(=O)C1CC(=O)N(c2ccc(F)c([N+](=O)[O-])c2)C1. The summed E-state index contributed by atoms with van der Waals surface area (Å²) < 4.78 is 24.8. The topological polar surface area (TPSA) is 123 Å². The maximum atomic E-state index is 13.6. The van der Waals surface area contributed by atoms with Gasteiger partial charge in [0.1, 0.15) is 0 Å². The maximum absolute atomic E-state index is 13.6. The predicted molar refractivity (Wildman–Crippen MR) is 109 cm³/mol. The van der Waals surface area contributed by atoms with E-state index in [2.05, 4.69) is 15.9 Å². The summed E-state index contributed by atoms with van der Waals surface area (Å²) in [6, 6.07) is 7.95. The van der Waals surface area contributed by atoms with Crippen molar-refractivity contribution in [2.45, 2.75) is 13.3 Å². The fraction of sp³-hybridized carbons (Fsp3) is 0.250. The van der Waals surface area contributed by atoms with Gasteiger partial charge in [-0.05, 0) is 41.1 Å². The first kappa shape index (κ1) is 22.2. The van der Waals surface area contributed by atoms with E-state index < -0.39 is 34.2 Å². The smallest absolute Gasteiger partial charge is 0.316 e. The van der Waals surface area contributed by atoms with Gasteiger partial charge in [-0.3, -0.25) is 19.7 Å². The zero-order chi connectivity index (χ0) is 22.7. The summed E-state index contributed by atoms with van der Waals surface area (Å²) in [5.41, 5.74) is -0.350. The molecule has 0 saturated carbocycles. The van der Waals surface area contributed by atoms with E-state index in [9.17, 15) is 24.1 Å². The van der Waals surface area contributed by atoms with Gasteiger partial charge in [-0.1, -0.05) is 0 Å². The van der Waals surface area contributed by atoms with Crippen molar-refractivity contribution >= 4 is 39.2 Å². The van der Waals surface area contributed by atoms with Gasteiger partial charge in [0.05, 0.1) is 39.2 Å². The Morgan fingerprint density at radius 1 is 1.42 bits per heavy atom. The Bertz CT molecular complexity index is 1120. The van der Waals surface area contributed by atoms with Crippen molar-refractivity contribution in [3.8, 4) is 17.6 Å². The van der Waals surface area contributed by atoms with Crippen molar-refractivity contribution in [1.82, 2.24) is 0 Å². The lowest BCUT2D eigenvalue weighted by atomic mass is 10.1. The number of benzene rings is 2. The standard InChI is InChI=1S/C20H15BrFN3O6/c1-2-30-17-6-11(9-23)5-14(21)19(17)31-20(27)12-7-18(26)24(10-12)13-3-4-15(22)16(8-13)25(28)29/h3-6,8,12H,2,7,10H2,1H3. The summed E-state index contributed by atoms with van der Waals surface area (Å²) in [4.78, 5) is 36.4. The Kier molecular flexibility index (Phi) is 6.50. The Labute approximate surface area is 184 Å². The largest absolute Gasteiger partial charge is 0.490 e. The molecule has 1 unspecified atom stereocenters. The third-order valence-electron chi connectivity index (χ3n) is 4.54. The van der Waals surface area contributed by atoms with Gasteiger partial charge < -0.3 is 14.4 Å². The number of rotatable bonds is 6. The first-order chi connectivity index (χ1) is 14.7. The number of hydrogen-bond donors (Lipinski definition) is 0. The molecule has 0 bridgehead atoms. The molecule has 0 spiro atoms. The molecule has 9 nitrogen and oxygen atoms in total. The zero-order valence-electron chi connectivity index (χ0n) is 16.1. The molecule has 2 aromatic carbocycles. The number of hydrogen-bond acceptors (Lipinski definition) is 7. The number of nitro benzene ring substituents is 1. The van der Waals surface area contributed by atoms with Crippen molar-refractivity contribution in [3.63, 3.8) is 0 Å². The Balaban J connectivity index is 1.81. The average molecular weight is 492 g/mol. The lowest BCUT2D eigenvalue weighted by Gasteiger charge is -2.17. The number of carbonyl (C=O) groups excluding carboxylic acids is 2.